The quantitative estimate of drug-likeness (QED) is 0.277. The van der Waals surface area contributed by atoms with Crippen LogP contribution in [0.5, 0.6) is 5.88 Å². The van der Waals surface area contributed by atoms with E-state index in [0.29, 0.717) is 47.1 Å². The minimum atomic E-state index is -3.04. The molecule has 2 aliphatic rings. The van der Waals surface area contributed by atoms with Crippen molar-refractivity contribution in [3.05, 3.63) is 59.9 Å². The summed E-state index contributed by atoms with van der Waals surface area (Å²) in [6.07, 6.45) is 6.65. The van der Waals surface area contributed by atoms with Crippen LogP contribution >= 0.6 is 0 Å². The summed E-state index contributed by atoms with van der Waals surface area (Å²) in [6.45, 7) is 5.24. The first-order valence-corrected chi connectivity index (χ1v) is 13.9. The lowest BCUT2D eigenvalue weighted by Crippen LogP contribution is -2.44. The van der Waals surface area contributed by atoms with Crippen LogP contribution in [-0.2, 0) is 17.3 Å². The number of hydrogen-bond donors (Lipinski definition) is 0. The molecule has 0 saturated heterocycles. The first kappa shape index (κ1) is 27.7. The van der Waals surface area contributed by atoms with E-state index in [1.807, 2.05) is 43.0 Å². The average molecular weight is 575 g/mol. The Morgan fingerprint density at radius 2 is 1.83 bits per heavy atom. The van der Waals surface area contributed by atoms with E-state index in [1.54, 1.807) is 29.8 Å². The molecule has 4 aromatic rings. The molecule has 1 aliphatic heterocycles. The van der Waals surface area contributed by atoms with Crippen molar-refractivity contribution in [1.82, 2.24) is 29.5 Å². The van der Waals surface area contributed by atoms with Crippen LogP contribution < -0.4 is 14.5 Å². The molecule has 0 N–H and O–H groups in total. The number of hydrogen-bond acceptors (Lipinski definition) is 8. The molecule has 3 aromatic heterocycles. The Labute approximate surface area is 242 Å². The average Bonchev–Trinajstić information content (AvgIpc) is 3.71. The molecular weight excluding hydrogens is 542 g/mol. The summed E-state index contributed by atoms with van der Waals surface area (Å²) < 4.78 is 35.4. The Morgan fingerprint density at radius 3 is 2.48 bits per heavy atom. The molecule has 218 valence electrons. The third-order valence-electron chi connectivity index (χ3n) is 7.66. The number of carbonyl (C=O) groups is 1. The first-order valence-electron chi connectivity index (χ1n) is 13.9. The smallest absolute Gasteiger partial charge is 0.288 e. The minimum Gasteiger partial charge on any atom is -0.480 e. The molecule has 0 atom stereocenters. The third-order valence-corrected chi connectivity index (χ3v) is 7.66. The number of anilines is 2. The highest BCUT2D eigenvalue weighted by atomic mass is 19.3. The van der Waals surface area contributed by atoms with Crippen molar-refractivity contribution in [1.29, 1.82) is 0 Å². The largest absolute Gasteiger partial charge is 0.480 e. The van der Waals surface area contributed by atoms with Gasteiger partial charge in [-0.05, 0) is 32.3 Å². The SMILES string of the molecule is COc1ncnc(C2CC2)c1-c1ncc2c(n1)N(Cc1ccc(-c3nc(C(C)(F)F)cn3C(C)C)cc1)CC(=O)N2C. The molecule has 1 amide bonds. The van der Waals surface area contributed by atoms with Gasteiger partial charge in [0.1, 0.15) is 29.1 Å². The number of aromatic nitrogens is 6. The second-order valence-electron chi connectivity index (χ2n) is 11.2. The highest BCUT2D eigenvalue weighted by Gasteiger charge is 2.34. The predicted molar refractivity (Wildman–Crippen MR) is 154 cm³/mol. The normalized spacial score (nSPS) is 15.4. The third kappa shape index (κ3) is 5.05. The van der Waals surface area contributed by atoms with E-state index in [2.05, 4.69) is 19.9 Å². The molecule has 0 spiro atoms. The van der Waals surface area contributed by atoms with Crippen LogP contribution in [0.15, 0.2) is 43.0 Å². The van der Waals surface area contributed by atoms with Gasteiger partial charge in [-0.25, -0.2) is 24.9 Å². The monoisotopic (exact) mass is 574 g/mol. The molecule has 42 heavy (non-hydrogen) atoms. The van der Waals surface area contributed by atoms with Crippen molar-refractivity contribution in [3.63, 3.8) is 0 Å². The summed E-state index contributed by atoms with van der Waals surface area (Å²) in [7, 11) is 3.27. The van der Waals surface area contributed by atoms with Crippen LogP contribution in [-0.4, -0.2) is 56.1 Å². The summed E-state index contributed by atoms with van der Waals surface area (Å²) in [4.78, 5) is 39.0. The number of ether oxygens (including phenoxy) is 1. The molecule has 0 radical (unpaired) electrons. The van der Waals surface area contributed by atoms with Gasteiger partial charge in [0.25, 0.3) is 5.92 Å². The lowest BCUT2D eigenvalue weighted by Gasteiger charge is -2.34. The standard InChI is InChI=1S/C30H32F2N8O2/c1-17(2)40-14-22(30(3,31)32)36-27(40)20-8-6-18(7-9-20)13-39-15-23(41)38(4)21-12-33-26(37-28(21)39)24-25(19-10-11-19)34-16-35-29(24)42-5/h6-9,12,14,16-17,19H,10-11,13,15H2,1-5H3. The second kappa shape index (κ2) is 10.4. The Kier molecular flexibility index (Phi) is 6.86. The van der Waals surface area contributed by atoms with Gasteiger partial charge in [-0.1, -0.05) is 24.3 Å². The molecule has 4 heterocycles. The van der Waals surface area contributed by atoms with Crippen molar-refractivity contribution < 1.29 is 18.3 Å². The van der Waals surface area contributed by atoms with Crippen molar-refractivity contribution in [3.8, 4) is 28.7 Å². The number of carbonyl (C=O) groups excluding carboxylic acids is 1. The van der Waals surface area contributed by atoms with Gasteiger partial charge in [0.15, 0.2) is 11.6 Å². The Morgan fingerprint density at radius 1 is 1.10 bits per heavy atom. The number of fused-ring (bicyclic) bond motifs is 1. The zero-order valence-electron chi connectivity index (χ0n) is 24.2. The van der Waals surface area contributed by atoms with Crippen molar-refractivity contribution in [2.24, 2.45) is 0 Å². The molecule has 1 fully saturated rings. The van der Waals surface area contributed by atoms with Crippen molar-refractivity contribution >= 4 is 17.4 Å². The number of rotatable bonds is 8. The number of alkyl halides is 2. The van der Waals surface area contributed by atoms with Crippen LogP contribution in [0.25, 0.3) is 22.8 Å². The fraction of sp³-hybridized carbons (Fsp3) is 0.400. The van der Waals surface area contributed by atoms with Crippen LogP contribution in [0.4, 0.5) is 20.3 Å². The predicted octanol–water partition coefficient (Wildman–Crippen LogP) is 5.36. The number of methoxy groups -OCH3 is 1. The molecule has 12 heteroatoms. The van der Waals surface area contributed by atoms with E-state index < -0.39 is 5.92 Å². The summed E-state index contributed by atoms with van der Waals surface area (Å²) in [5, 5.41) is 0. The molecule has 0 bridgehead atoms. The van der Waals surface area contributed by atoms with Crippen LogP contribution in [0.1, 0.15) is 62.5 Å². The number of benzene rings is 1. The second-order valence-corrected chi connectivity index (χ2v) is 11.2. The molecular formula is C30H32F2N8O2. The topological polar surface area (TPSA) is 102 Å². The zero-order valence-corrected chi connectivity index (χ0v) is 24.2. The highest BCUT2D eigenvalue weighted by Crippen LogP contribution is 2.45. The van der Waals surface area contributed by atoms with E-state index >= 15 is 0 Å². The Balaban J connectivity index is 1.33. The molecule has 1 aliphatic carbocycles. The number of nitrogens with zero attached hydrogens (tertiary/aromatic N) is 8. The van der Waals surface area contributed by atoms with Crippen LogP contribution in [0.2, 0.25) is 0 Å². The molecule has 10 nitrogen and oxygen atoms in total. The van der Waals surface area contributed by atoms with Gasteiger partial charge < -0.3 is 19.1 Å². The van der Waals surface area contributed by atoms with E-state index in [-0.39, 0.29) is 24.2 Å². The maximum atomic E-state index is 14.0. The van der Waals surface area contributed by atoms with Gasteiger partial charge in [-0.3, -0.25) is 4.79 Å². The van der Waals surface area contributed by atoms with Gasteiger partial charge in [-0.15, -0.1) is 0 Å². The summed E-state index contributed by atoms with van der Waals surface area (Å²) in [6, 6.07) is 7.53. The maximum Gasteiger partial charge on any atom is 0.288 e. The fourth-order valence-corrected chi connectivity index (χ4v) is 5.17. The number of imidazole rings is 1. The van der Waals surface area contributed by atoms with Crippen LogP contribution in [0, 0.1) is 0 Å². The summed E-state index contributed by atoms with van der Waals surface area (Å²) in [5.74, 6) is -0.840. The molecule has 1 saturated carbocycles. The molecule has 0 unspecified atom stereocenters. The van der Waals surface area contributed by atoms with E-state index in [9.17, 15) is 13.6 Å². The lowest BCUT2D eigenvalue weighted by atomic mass is 10.1. The van der Waals surface area contributed by atoms with E-state index in [4.69, 9.17) is 9.72 Å². The maximum absolute atomic E-state index is 14.0. The van der Waals surface area contributed by atoms with Crippen molar-refractivity contribution in [2.45, 2.75) is 58.0 Å². The van der Waals surface area contributed by atoms with Gasteiger partial charge >= 0.3 is 0 Å². The van der Waals surface area contributed by atoms with Gasteiger partial charge in [0.05, 0.1) is 25.5 Å². The van der Waals surface area contributed by atoms with Gasteiger partial charge in [0, 0.05) is 44.2 Å². The van der Waals surface area contributed by atoms with Crippen LogP contribution in [0.3, 0.4) is 0 Å². The number of halogens is 2. The molecule has 1 aromatic carbocycles. The molecule has 6 rings (SSSR count). The summed E-state index contributed by atoms with van der Waals surface area (Å²) in [5.41, 5.74) is 3.53. The highest BCUT2D eigenvalue weighted by molar-refractivity contribution is 6.02. The van der Waals surface area contributed by atoms with Crippen molar-refractivity contribution in [2.75, 3.05) is 30.5 Å². The van der Waals surface area contributed by atoms with E-state index in [0.717, 1.165) is 36.6 Å². The van der Waals surface area contributed by atoms with E-state index in [1.165, 1.54) is 12.5 Å². The van der Waals surface area contributed by atoms with Gasteiger partial charge in [0.2, 0.25) is 11.8 Å². The minimum absolute atomic E-state index is 0.0425. The zero-order chi connectivity index (χ0) is 29.8. The summed E-state index contributed by atoms with van der Waals surface area (Å²) >= 11 is 0. The first-order chi connectivity index (χ1) is 20.0. The van der Waals surface area contributed by atoms with Gasteiger partial charge in [-0.2, -0.15) is 8.78 Å². The number of likely N-dealkylation sites (N-methyl/N-ethyl adjacent to an activating group) is 1. The number of amides is 1. The lowest BCUT2D eigenvalue weighted by molar-refractivity contribution is -0.117. The Hall–Kier alpha value is -4.48. The Bertz CT molecular complexity index is 1640. The fourth-order valence-electron chi connectivity index (χ4n) is 5.17.